The van der Waals surface area contributed by atoms with Crippen molar-refractivity contribution >= 4 is 11.8 Å². The number of hydrogen-bond donors (Lipinski definition) is 0. The second-order valence-electron chi connectivity index (χ2n) is 6.59. The van der Waals surface area contributed by atoms with Crippen molar-refractivity contribution in [2.45, 2.75) is 20.3 Å². The van der Waals surface area contributed by atoms with Gasteiger partial charge in [-0.1, -0.05) is 0 Å². The number of pyridine rings is 1. The number of hydrogen-bond acceptors (Lipinski definition) is 4. The van der Waals surface area contributed by atoms with Gasteiger partial charge in [0.1, 0.15) is 5.75 Å². The molecule has 1 aliphatic heterocycles. The molecule has 0 N–H and O–H groups in total. The summed E-state index contributed by atoms with van der Waals surface area (Å²) in [5, 5.41) is 0. The highest BCUT2D eigenvalue weighted by Crippen LogP contribution is 2.20. The molecule has 1 fully saturated rings. The minimum atomic E-state index is -0.0330. The van der Waals surface area contributed by atoms with Gasteiger partial charge in [0, 0.05) is 44.1 Å². The van der Waals surface area contributed by atoms with Crippen LogP contribution in [0.5, 0.6) is 5.75 Å². The summed E-state index contributed by atoms with van der Waals surface area (Å²) in [4.78, 5) is 33.1. The standard InChI is InChI=1S/C21H25N3O3/c1-3-27-19-8-7-17(14-16(19)2)20(25)23-10-5-11-24(13-12-23)21(26)18-6-4-9-22-15-18/h4,6-9,14-15H,3,5,10-13H2,1-2H3. The Balaban J connectivity index is 1.66. The van der Waals surface area contributed by atoms with Crippen LogP contribution < -0.4 is 4.74 Å². The SMILES string of the molecule is CCOc1ccc(C(=O)N2CCCN(C(=O)c3cccnc3)CC2)cc1C. The molecule has 0 atom stereocenters. The number of nitrogens with zero attached hydrogens (tertiary/aromatic N) is 3. The van der Waals surface area contributed by atoms with E-state index in [0.717, 1.165) is 17.7 Å². The molecule has 2 heterocycles. The van der Waals surface area contributed by atoms with Crippen molar-refractivity contribution < 1.29 is 14.3 Å². The second-order valence-corrected chi connectivity index (χ2v) is 6.59. The number of carbonyl (C=O) groups excluding carboxylic acids is 2. The van der Waals surface area contributed by atoms with E-state index >= 15 is 0 Å². The zero-order valence-corrected chi connectivity index (χ0v) is 15.9. The lowest BCUT2D eigenvalue weighted by atomic mass is 10.1. The van der Waals surface area contributed by atoms with Gasteiger partial charge in [0.25, 0.3) is 11.8 Å². The number of carbonyl (C=O) groups is 2. The highest BCUT2D eigenvalue weighted by molar-refractivity contribution is 5.95. The molecule has 6 nitrogen and oxygen atoms in total. The van der Waals surface area contributed by atoms with Crippen molar-refractivity contribution in [2.75, 3.05) is 32.8 Å². The topological polar surface area (TPSA) is 62.7 Å². The van der Waals surface area contributed by atoms with Crippen LogP contribution in [0.1, 0.15) is 39.6 Å². The molecule has 142 valence electrons. The Morgan fingerprint density at radius 2 is 1.74 bits per heavy atom. The van der Waals surface area contributed by atoms with Gasteiger partial charge < -0.3 is 14.5 Å². The fourth-order valence-electron chi connectivity index (χ4n) is 3.28. The van der Waals surface area contributed by atoms with Crippen LogP contribution in [-0.4, -0.2) is 59.4 Å². The van der Waals surface area contributed by atoms with Crippen molar-refractivity contribution in [3.8, 4) is 5.75 Å². The van der Waals surface area contributed by atoms with Gasteiger partial charge in [-0.05, 0) is 56.2 Å². The number of benzene rings is 1. The third kappa shape index (κ3) is 4.45. The number of aryl methyl sites for hydroxylation is 1. The third-order valence-electron chi connectivity index (χ3n) is 4.70. The molecule has 0 saturated carbocycles. The van der Waals surface area contributed by atoms with Crippen molar-refractivity contribution in [1.29, 1.82) is 0 Å². The molecule has 2 amide bonds. The Morgan fingerprint density at radius 3 is 2.33 bits per heavy atom. The van der Waals surface area contributed by atoms with Gasteiger partial charge in [0.05, 0.1) is 12.2 Å². The molecule has 27 heavy (non-hydrogen) atoms. The first-order chi connectivity index (χ1) is 13.1. The van der Waals surface area contributed by atoms with E-state index in [1.165, 1.54) is 0 Å². The minimum absolute atomic E-state index is 0.00294. The zero-order valence-electron chi connectivity index (χ0n) is 15.9. The third-order valence-corrected chi connectivity index (χ3v) is 4.70. The van der Waals surface area contributed by atoms with E-state index in [0.29, 0.717) is 43.9 Å². The van der Waals surface area contributed by atoms with Gasteiger partial charge in [-0.3, -0.25) is 14.6 Å². The lowest BCUT2D eigenvalue weighted by Crippen LogP contribution is -2.37. The first-order valence-electron chi connectivity index (χ1n) is 9.32. The minimum Gasteiger partial charge on any atom is -0.494 e. The van der Waals surface area contributed by atoms with Gasteiger partial charge in [-0.15, -0.1) is 0 Å². The molecule has 1 aromatic heterocycles. The van der Waals surface area contributed by atoms with Crippen LogP contribution in [0, 0.1) is 6.92 Å². The number of ether oxygens (including phenoxy) is 1. The van der Waals surface area contributed by atoms with Crippen LogP contribution in [0.4, 0.5) is 0 Å². The molecule has 2 aromatic rings. The van der Waals surface area contributed by atoms with E-state index in [1.807, 2.05) is 36.9 Å². The summed E-state index contributed by atoms with van der Waals surface area (Å²) in [6, 6.07) is 9.06. The van der Waals surface area contributed by atoms with Crippen LogP contribution in [0.25, 0.3) is 0 Å². The average molecular weight is 367 g/mol. The van der Waals surface area contributed by atoms with Gasteiger partial charge in [-0.25, -0.2) is 0 Å². The maximum absolute atomic E-state index is 12.9. The Morgan fingerprint density at radius 1 is 1.04 bits per heavy atom. The van der Waals surface area contributed by atoms with Crippen molar-refractivity contribution in [3.05, 3.63) is 59.4 Å². The molecular formula is C21H25N3O3. The summed E-state index contributed by atoms with van der Waals surface area (Å²) < 4.78 is 5.55. The van der Waals surface area contributed by atoms with E-state index in [-0.39, 0.29) is 11.8 Å². The molecule has 1 aromatic carbocycles. The predicted molar refractivity (Wildman–Crippen MR) is 103 cm³/mol. The lowest BCUT2D eigenvalue weighted by Gasteiger charge is -2.22. The monoisotopic (exact) mass is 367 g/mol. The maximum atomic E-state index is 12.9. The highest BCUT2D eigenvalue weighted by atomic mass is 16.5. The molecule has 6 heteroatoms. The van der Waals surface area contributed by atoms with Crippen molar-refractivity contribution in [1.82, 2.24) is 14.8 Å². The van der Waals surface area contributed by atoms with Crippen LogP contribution in [0.2, 0.25) is 0 Å². The van der Waals surface area contributed by atoms with Crippen molar-refractivity contribution in [2.24, 2.45) is 0 Å². The van der Waals surface area contributed by atoms with Gasteiger partial charge in [-0.2, -0.15) is 0 Å². The lowest BCUT2D eigenvalue weighted by molar-refractivity contribution is 0.0718. The van der Waals surface area contributed by atoms with Crippen LogP contribution >= 0.6 is 0 Å². The molecule has 1 saturated heterocycles. The normalized spacial score (nSPS) is 14.6. The van der Waals surface area contributed by atoms with Gasteiger partial charge >= 0.3 is 0 Å². The largest absolute Gasteiger partial charge is 0.494 e. The molecule has 0 spiro atoms. The molecule has 0 bridgehead atoms. The Bertz CT molecular complexity index is 808. The van der Waals surface area contributed by atoms with Crippen LogP contribution in [0.3, 0.4) is 0 Å². The molecule has 0 radical (unpaired) electrons. The summed E-state index contributed by atoms with van der Waals surface area (Å²) in [5.41, 5.74) is 2.19. The fourth-order valence-corrected chi connectivity index (χ4v) is 3.28. The molecule has 3 rings (SSSR count). The van der Waals surface area contributed by atoms with Crippen molar-refractivity contribution in [3.63, 3.8) is 0 Å². The summed E-state index contributed by atoms with van der Waals surface area (Å²) in [6.45, 7) is 6.81. The zero-order chi connectivity index (χ0) is 19.2. The van der Waals surface area contributed by atoms with Gasteiger partial charge in [0.2, 0.25) is 0 Å². The Labute approximate surface area is 159 Å². The number of amides is 2. The summed E-state index contributed by atoms with van der Waals surface area (Å²) in [7, 11) is 0. The number of rotatable bonds is 4. The summed E-state index contributed by atoms with van der Waals surface area (Å²) in [5.74, 6) is 0.768. The average Bonchev–Trinajstić information content (AvgIpc) is 2.95. The van der Waals surface area contributed by atoms with E-state index in [9.17, 15) is 9.59 Å². The first-order valence-corrected chi connectivity index (χ1v) is 9.32. The number of aromatic nitrogens is 1. The van der Waals surface area contributed by atoms with Crippen LogP contribution in [0.15, 0.2) is 42.7 Å². The molecule has 1 aliphatic rings. The van der Waals surface area contributed by atoms with E-state index in [4.69, 9.17) is 4.74 Å². The molecular weight excluding hydrogens is 342 g/mol. The summed E-state index contributed by atoms with van der Waals surface area (Å²) >= 11 is 0. The Kier molecular flexibility index (Phi) is 6.06. The van der Waals surface area contributed by atoms with E-state index in [1.54, 1.807) is 29.4 Å². The van der Waals surface area contributed by atoms with Gasteiger partial charge in [0.15, 0.2) is 0 Å². The van der Waals surface area contributed by atoms with E-state index in [2.05, 4.69) is 4.98 Å². The maximum Gasteiger partial charge on any atom is 0.255 e. The highest BCUT2D eigenvalue weighted by Gasteiger charge is 2.24. The first kappa shape index (κ1) is 18.9. The quantitative estimate of drug-likeness (QED) is 0.834. The summed E-state index contributed by atoms with van der Waals surface area (Å²) in [6.07, 6.45) is 3.99. The Hall–Kier alpha value is -2.89. The molecule has 0 unspecified atom stereocenters. The predicted octanol–water partition coefficient (Wildman–Crippen LogP) is 2.78. The molecule has 0 aliphatic carbocycles. The fraction of sp³-hybridized carbons (Fsp3) is 0.381. The van der Waals surface area contributed by atoms with E-state index < -0.39 is 0 Å². The van der Waals surface area contributed by atoms with Crippen LogP contribution in [-0.2, 0) is 0 Å². The smallest absolute Gasteiger partial charge is 0.255 e. The second kappa shape index (κ2) is 8.66.